The van der Waals surface area contributed by atoms with E-state index in [9.17, 15) is 8.42 Å². The quantitative estimate of drug-likeness (QED) is 0.687. The Balaban J connectivity index is 2.59. The maximum Gasteiger partial charge on any atom is 0.282 e. The van der Waals surface area contributed by atoms with Crippen LogP contribution in [0.15, 0.2) is 0 Å². The molecule has 0 radical (unpaired) electrons. The number of halogens is 1. The molecule has 1 aliphatic heterocycles. The summed E-state index contributed by atoms with van der Waals surface area (Å²) in [6.45, 7) is 7.21. The van der Waals surface area contributed by atoms with Crippen molar-refractivity contribution >= 4 is 21.8 Å². The molecule has 1 saturated heterocycles. The van der Waals surface area contributed by atoms with Gasteiger partial charge in [0.05, 0.1) is 0 Å². The Bertz CT molecular complexity index is 326. The second-order valence-corrected chi connectivity index (χ2v) is 6.91. The van der Waals surface area contributed by atoms with Gasteiger partial charge in [0, 0.05) is 51.7 Å². The van der Waals surface area contributed by atoms with E-state index in [1.54, 1.807) is 11.4 Å². The zero-order chi connectivity index (χ0) is 13.1. The number of nitrogens with zero attached hydrogens (tertiary/aromatic N) is 3. The fraction of sp³-hybridized carbons (Fsp3) is 1.00. The van der Waals surface area contributed by atoms with Gasteiger partial charge in [-0.15, -0.1) is 11.6 Å². The first-order valence-corrected chi connectivity index (χ1v) is 7.84. The second kappa shape index (κ2) is 6.33. The van der Waals surface area contributed by atoms with E-state index >= 15 is 0 Å². The summed E-state index contributed by atoms with van der Waals surface area (Å²) in [5.41, 5.74) is 0. The average Bonchev–Trinajstić information content (AvgIpc) is 2.29. The van der Waals surface area contributed by atoms with Gasteiger partial charge in [-0.25, -0.2) is 0 Å². The van der Waals surface area contributed by atoms with Crippen molar-refractivity contribution in [1.29, 1.82) is 0 Å². The summed E-state index contributed by atoms with van der Waals surface area (Å²) in [6.07, 6.45) is 0. The van der Waals surface area contributed by atoms with Crippen molar-refractivity contribution in [3.05, 3.63) is 0 Å². The number of piperazine rings is 1. The molecule has 0 N–H and O–H groups in total. The number of hydrogen-bond donors (Lipinski definition) is 0. The predicted octanol–water partition coefficient (Wildman–Crippen LogP) is 0.428. The van der Waals surface area contributed by atoms with E-state index in [1.807, 2.05) is 13.8 Å². The van der Waals surface area contributed by atoms with Crippen molar-refractivity contribution in [2.24, 2.45) is 0 Å². The van der Waals surface area contributed by atoms with Gasteiger partial charge in [-0.1, -0.05) is 0 Å². The van der Waals surface area contributed by atoms with E-state index in [1.165, 1.54) is 4.31 Å². The second-order valence-electron chi connectivity index (χ2n) is 4.55. The smallest absolute Gasteiger partial charge is 0.282 e. The zero-order valence-corrected chi connectivity index (χ0v) is 12.3. The van der Waals surface area contributed by atoms with Gasteiger partial charge in [-0.05, 0) is 13.8 Å². The molecule has 0 spiro atoms. The first-order valence-electron chi connectivity index (χ1n) is 5.91. The van der Waals surface area contributed by atoms with Crippen LogP contribution in [0.4, 0.5) is 0 Å². The molecular formula is C10H22ClN3O2S. The molecule has 1 aliphatic rings. The molecule has 7 heteroatoms. The third kappa shape index (κ3) is 3.79. The van der Waals surface area contributed by atoms with Gasteiger partial charge in [0.1, 0.15) is 0 Å². The highest BCUT2D eigenvalue weighted by Crippen LogP contribution is 2.13. The van der Waals surface area contributed by atoms with Gasteiger partial charge in [0.25, 0.3) is 10.2 Å². The van der Waals surface area contributed by atoms with Crippen LogP contribution in [-0.2, 0) is 10.2 Å². The van der Waals surface area contributed by atoms with Gasteiger partial charge >= 0.3 is 0 Å². The molecule has 1 rings (SSSR count). The third-order valence-electron chi connectivity index (χ3n) is 3.15. The van der Waals surface area contributed by atoms with Crippen LogP contribution >= 0.6 is 11.6 Å². The van der Waals surface area contributed by atoms with Crippen molar-refractivity contribution in [2.45, 2.75) is 19.9 Å². The molecular weight excluding hydrogens is 262 g/mol. The highest BCUT2D eigenvalue weighted by Gasteiger charge is 2.31. The van der Waals surface area contributed by atoms with Crippen LogP contribution < -0.4 is 0 Å². The van der Waals surface area contributed by atoms with Crippen molar-refractivity contribution in [3.8, 4) is 0 Å². The van der Waals surface area contributed by atoms with E-state index in [-0.39, 0.29) is 6.04 Å². The molecule has 1 fully saturated rings. The highest BCUT2D eigenvalue weighted by molar-refractivity contribution is 7.86. The minimum absolute atomic E-state index is 0.0131. The van der Waals surface area contributed by atoms with Crippen LogP contribution in [0, 0.1) is 0 Å². The van der Waals surface area contributed by atoms with Crippen LogP contribution in [0.5, 0.6) is 0 Å². The summed E-state index contributed by atoms with van der Waals surface area (Å²) < 4.78 is 27.4. The molecule has 5 nitrogen and oxygen atoms in total. The molecule has 0 amide bonds. The summed E-state index contributed by atoms with van der Waals surface area (Å²) in [4.78, 5) is 2.19. The molecule has 0 unspecified atom stereocenters. The summed E-state index contributed by atoms with van der Waals surface area (Å²) in [5.74, 6) is 0.596. The highest BCUT2D eigenvalue weighted by atomic mass is 35.5. The van der Waals surface area contributed by atoms with Gasteiger partial charge in [0.15, 0.2) is 0 Å². The molecule has 0 aromatic heterocycles. The molecule has 0 aromatic rings. The SMILES string of the molecule is CC(C)N(C)S(=O)(=O)N1CCN(CCCl)CC1. The molecule has 0 aliphatic carbocycles. The summed E-state index contributed by atoms with van der Waals surface area (Å²) in [5, 5.41) is 0. The topological polar surface area (TPSA) is 43.9 Å². The maximum absolute atomic E-state index is 12.2. The zero-order valence-electron chi connectivity index (χ0n) is 10.8. The summed E-state index contributed by atoms with van der Waals surface area (Å²) >= 11 is 5.67. The van der Waals surface area contributed by atoms with Gasteiger partial charge in [-0.2, -0.15) is 17.0 Å². The number of alkyl halides is 1. The molecule has 0 saturated carbocycles. The molecule has 102 valence electrons. The van der Waals surface area contributed by atoms with Crippen molar-refractivity contribution in [1.82, 2.24) is 13.5 Å². The lowest BCUT2D eigenvalue weighted by molar-refractivity contribution is 0.189. The van der Waals surface area contributed by atoms with E-state index in [0.29, 0.717) is 19.0 Å². The fourth-order valence-corrected chi connectivity index (χ4v) is 3.51. The minimum atomic E-state index is -3.29. The third-order valence-corrected chi connectivity index (χ3v) is 5.49. The average molecular weight is 284 g/mol. The molecule has 0 bridgehead atoms. The monoisotopic (exact) mass is 283 g/mol. The lowest BCUT2D eigenvalue weighted by Gasteiger charge is -2.36. The van der Waals surface area contributed by atoms with E-state index in [4.69, 9.17) is 11.6 Å². The van der Waals surface area contributed by atoms with E-state index in [2.05, 4.69) is 4.90 Å². The van der Waals surface area contributed by atoms with Crippen molar-refractivity contribution in [3.63, 3.8) is 0 Å². The largest absolute Gasteiger partial charge is 0.300 e. The predicted molar refractivity (Wildman–Crippen MR) is 70.6 cm³/mol. The van der Waals surface area contributed by atoms with Crippen LogP contribution in [0.1, 0.15) is 13.8 Å². The Morgan fingerprint density at radius 3 is 2.18 bits per heavy atom. The van der Waals surface area contributed by atoms with Crippen molar-refractivity contribution < 1.29 is 8.42 Å². The molecule has 0 atom stereocenters. The normalized spacial score (nSPS) is 20.4. The van der Waals surface area contributed by atoms with Crippen LogP contribution in [-0.4, -0.2) is 73.6 Å². The van der Waals surface area contributed by atoms with Crippen molar-refractivity contribution in [2.75, 3.05) is 45.7 Å². The molecule has 0 aromatic carbocycles. The van der Waals surface area contributed by atoms with E-state index in [0.717, 1.165) is 19.6 Å². The van der Waals surface area contributed by atoms with Crippen LogP contribution in [0.2, 0.25) is 0 Å². The van der Waals surface area contributed by atoms with Crippen LogP contribution in [0.3, 0.4) is 0 Å². The Kier molecular flexibility index (Phi) is 5.66. The number of rotatable bonds is 5. The summed E-state index contributed by atoms with van der Waals surface area (Å²) in [7, 11) is -1.66. The molecule has 17 heavy (non-hydrogen) atoms. The standard InChI is InChI=1S/C10H22ClN3O2S/c1-10(2)12(3)17(15,16)14-8-6-13(5-4-11)7-9-14/h10H,4-9H2,1-3H3. The van der Waals surface area contributed by atoms with E-state index < -0.39 is 10.2 Å². The Hall–Kier alpha value is 0.120. The number of hydrogen-bond acceptors (Lipinski definition) is 3. The Labute approximate surface area is 109 Å². The Morgan fingerprint density at radius 2 is 1.76 bits per heavy atom. The van der Waals surface area contributed by atoms with Gasteiger partial charge in [-0.3, -0.25) is 4.90 Å². The van der Waals surface area contributed by atoms with Crippen LogP contribution in [0.25, 0.3) is 0 Å². The van der Waals surface area contributed by atoms with Gasteiger partial charge < -0.3 is 0 Å². The lowest BCUT2D eigenvalue weighted by Crippen LogP contribution is -2.53. The fourth-order valence-electron chi connectivity index (χ4n) is 1.75. The maximum atomic E-state index is 12.2. The van der Waals surface area contributed by atoms with Gasteiger partial charge in [0.2, 0.25) is 0 Å². The Morgan fingerprint density at radius 1 is 1.24 bits per heavy atom. The molecule has 1 heterocycles. The minimum Gasteiger partial charge on any atom is -0.300 e. The lowest BCUT2D eigenvalue weighted by atomic mass is 10.4. The first kappa shape index (κ1) is 15.2. The first-order chi connectivity index (χ1) is 7.89. The summed E-state index contributed by atoms with van der Waals surface area (Å²) in [6, 6.07) is -0.0131.